The minimum atomic E-state index is -3.81. The van der Waals surface area contributed by atoms with Gasteiger partial charge < -0.3 is 10.1 Å². The zero-order valence-corrected chi connectivity index (χ0v) is 19.1. The summed E-state index contributed by atoms with van der Waals surface area (Å²) in [6.45, 7) is 2.97. The lowest BCUT2D eigenvalue weighted by Crippen LogP contribution is -2.37. The minimum Gasteiger partial charge on any atom is -0.453 e. The van der Waals surface area contributed by atoms with Crippen LogP contribution in [-0.2, 0) is 24.3 Å². The molecule has 174 valence electrons. The summed E-state index contributed by atoms with van der Waals surface area (Å²) in [5.74, 6) is -1.61. The molecule has 2 unspecified atom stereocenters. The number of carbonyl (C=O) groups excluding carboxylic acids is 2. The first-order valence-corrected chi connectivity index (χ1v) is 11.9. The van der Waals surface area contributed by atoms with Crippen LogP contribution in [0.3, 0.4) is 0 Å². The van der Waals surface area contributed by atoms with Crippen LogP contribution in [0.4, 0.5) is 4.39 Å². The zero-order chi connectivity index (χ0) is 24.0. The molecule has 0 spiro atoms. The van der Waals surface area contributed by atoms with Gasteiger partial charge in [-0.1, -0.05) is 42.5 Å². The fraction of sp³-hybridized carbons (Fsp3) is 0.250. The molecule has 0 aliphatic heterocycles. The van der Waals surface area contributed by atoms with Gasteiger partial charge in [0, 0.05) is 6.54 Å². The number of hydrogen-bond donors (Lipinski definition) is 2. The van der Waals surface area contributed by atoms with Crippen molar-refractivity contribution in [2.45, 2.75) is 37.3 Å². The molecule has 3 aromatic rings. The van der Waals surface area contributed by atoms with Crippen LogP contribution in [0.2, 0.25) is 0 Å². The lowest BCUT2D eigenvalue weighted by Gasteiger charge is -2.18. The van der Waals surface area contributed by atoms with E-state index in [4.69, 9.17) is 4.74 Å². The zero-order valence-electron chi connectivity index (χ0n) is 18.2. The fourth-order valence-electron chi connectivity index (χ4n) is 3.18. The maximum absolute atomic E-state index is 13.0. The molecular weight excluding hydrogens is 447 g/mol. The Kier molecular flexibility index (Phi) is 7.78. The highest BCUT2D eigenvalue weighted by atomic mass is 32.2. The van der Waals surface area contributed by atoms with E-state index in [1.165, 1.54) is 25.1 Å². The highest BCUT2D eigenvalue weighted by Crippen LogP contribution is 2.19. The van der Waals surface area contributed by atoms with Crippen molar-refractivity contribution < 1.29 is 27.1 Å². The van der Waals surface area contributed by atoms with Crippen LogP contribution >= 0.6 is 0 Å². The number of nitrogens with one attached hydrogen (secondary N) is 2. The summed E-state index contributed by atoms with van der Waals surface area (Å²) in [6, 6.07) is 17.4. The summed E-state index contributed by atoms with van der Waals surface area (Å²) in [4.78, 5) is 24.4. The number of benzene rings is 3. The molecule has 0 saturated heterocycles. The molecular formula is C24H25FN2O5S. The second-order valence-corrected chi connectivity index (χ2v) is 9.34. The van der Waals surface area contributed by atoms with E-state index >= 15 is 0 Å². The maximum atomic E-state index is 13.0. The Morgan fingerprint density at radius 3 is 2.33 bits per heavy atom. The number of fused-ring (bicyclic) bond motifs is 1. The van der Waals surface area contributed by atoms with Crippen molar-refractivity contribution in [3.63, 3.8) is 0 Å². The predicted octanol–water partition coefficient (Wildman–Crippen LogP) is 3.46. The number of amides is 1. The maximum Gasteiger partial charge on any atom is 0.307 e. The van der Waals surface area contributed by atoms with E-state index in [1.54, 1.807) is 31.2 Å². The van der Waals surface area contributed by atoms with E-state index in [9.17, 15) is 22.4 Å². The molecule has 7 nitrogen and oxygen atoms in total. The Hall–Kier alpha value is -3.30. The third-order valence-electron chi connectivity index (χ3n) is 5.06. The van der Waals surface area contributed by atoms with Gasteiger partial charge in [0.2, 0.25) is 10.0 Å². The number of halogens is 1. The third kappa shape index (κ3) is 6.59. The Balaban J connectivity index is 1.47. The standard InChI is InChI=1S/C24H25FN2O5S/c1-16(18-7-10-21(25)11-8-18)27-24(29)17(2)32-23(28)13-14-26-33(30,31)22-12-9-19-5-3-4-6-20(19)15-22/h3-12,15-17,26H,13-14H2,1-2H3,(H,27,29). The first kappa shape index (κ1) is 24.3. The largest absolute Gasteiger partial charge is 0.453 e. The number of carbonyl (C=O) groups is 2. The van der Waals surface area contributed by atoms with Gasteiger partial charge in [0.25, 0.3) is 5.91 Å². The van der Waals surface area contributed by atoms with Crippen LogP contribution in [0.25, 0.3) is 10.8 Å². The molecule has 2 atom stereocenters. The average molecular weight is 473 g/mol. The van der Waals surface area contributed by atoms with Crippen molar-refractivity contribution in [3.05, 3.63) is 78.1 Å². The van der Waals surface area contributed by atoms with Gasteiger partial charge in [-0.05, 0) is 54.4 Å². The quantitative estimate of drug-likeness (QED) is 0.465. The Bertz CT molecular complexity index is 1250. The second-order valence-electron chi connectivity index (χ2n) is 7.57. The van der Waals surface area contributed by atoms with Gasteiger partial charge in [0.05, 0.1) is 17.4 Å². The monoisotopic (exact) mass is 472 g/mol. The summed E-state index contributed by atoms with van der Waals surface area (Å²) in [5.41, 5.74) is 0.700. The fourth-order valence-corrected chi connectivity index (χ4v) is 4.25. The summed E-state index contributed by atoms with van der Waals surface area (Å²) in [7, 11) is -3.81. The molecule has 0 bridgehead atoms. The average Bonchev–Trinajstić information content (AvgIpc) is 2.78. The molecule has 9 heteroatoms. The predicted molar refractivity (Wildman–Crippen MR) is 122 cm³/mol. The summed E-state index contributed by atoms with van der Waals surface area (Å²) < 4.78 is 45.5. The molecule has 0 heterocycles. The van der Waals surface area contributed by atoms with Gasteiger partial charge in [0.1, 0.15) is 5.82 Å². The Morgan fingerprint density at radius 2 is 1.64 bits per heavy atom. The van der Waals surface area contributed by atoms with Gasteiger partial charge in [-0.2, -0.15) is 0 Å². The van der Waals surface area contributed by atoms with Gasteiger partial charge in [-0.25, -0.2) is 17.5 Å². The molecule has 0 saturated carbocycles. The number of rotatable bonds is 9. The number of hydrogen-bond acceptors (Lipinski definition) is 5. The highest BCUT2D eigenvalue weighted by Gasteiger charge is 2.21. The Morgan fingerprint density at radius 1 is 0.970 bits per heavy atom. The van der Waals surface area contributed by atoms with Gasteiger partial charge in [0.15, 0.2) is 6.10 Å². The van der Waals surface area contributed by atoms with Crippen LogP contribution in [0.5, 0.6) is 0 Å². The molecule has 0 aliphatic rings. The highest BCUT2D eigenvalue weighted by molar-refractivity contribution is 7.89. The van der Waals surface area contributed by atoms with Crippen LogP contribution in [-0.4, -0.2) is 32.9 Å². The van der Waals surface area contributed by atoms with E-state index in [2.05, 4.69) is 10.0 Å². The second kappa shape index (κ2) is 10.5. The molecule has 33 heavy (non-hydrogen) atoms. The van der Waals surface area contributed by atoms with Crippen molar-refractivity contribution in [2.24, 2.45) is 0 Å². The van der Waals surface area contributed by atoms with Gasteiger partial charge in [-0.3, -0.25) is 9.59 Å². The molecule has 3 aromatic carbocycles. The van der Waals surface area contributed by atoms with Gasteiger partial charge in [-0.15, -0.1) is 0 Å². The number of esters is 1. The first-order chi connectivity index (χ1) is 15.7. The van der Waals surface area contributed by atoms with E-state index in [0.29, 0.717) is 5.56 Å². The molecule has 1 amide bonds. The normalized spacial score (nSPS) is 13.3. The van der Waals surface area contributed by atoms with Crippen LogP contribution in [0.15, 0.2) is 71.6 Å². The molecule has 0 radical (unpaired) electrons. The topological polar surface area (TPSA) is 102 Å². The van der Waals surface area contributed by atoms with Crippen molar-refractivity contribution in [1.82, 2.24) is 10.0 Å². The molecule has 3 rings (SSSR count). The van der Waals surface area contributed by atoms with Crippen LogP contribution < -0.4 is 10.0 Å². The van der Waals surface area contributed by atoms with E-state index in [0.717, 1.165) is 10.8 Å². The third-order valence-corrected chi connectivity index (χ3v) is 6.52. The van der Waals surface area contributed by atoms with Crippen LogP contribution in [0.1, 0.15) is 31.9 Å². The van der Waals surface area contributed by atoms with E-state index in [-0.39, 0.29) is 23.7 Å². The Labute approximate surface area is 192 Å². The van der Waals surface area contributed by atoms with Crippen LogP contribution in [0, 0.1) is 5.82 Å². The summed E-state index contributed by atoms with van der Waals surface area (Å²) >= 11 is 0. The van der Waals surface area contributed by atoms with E-state index < -0.39 is 34.0 Å². The molecule has 0 aliphatic carbocycles. The van der Waals surface area contributed by atoms with E-state index in [1.807, 2.05) is 24.3 Å². The van der Waals surface area contributed by atoms with Crippen molar-refractivity contribution in [3.8, 4) is 0 Å². The molecule has 0 fully saturated rings. The lowest BCUT2D eigenvalue weighted by molar-refractivity contribution is -0.154. The summed E-state index contributed by atoms with van der Waals surface area (Å²) in [6.07, 6.45) is -1.31. The first-order valence-electron chi connectivity index (χ1n) is 10.4. The summed E-state index contributed by atoms with van der Waals surface area (Å²) in [5, 5.41) is 4.39. The molecule has 0 aromatic heterocycles. The molecule has 2 N–H and O–H groups in total. The smallest absolute Gasteiger partial charge is 0.307 e. The van der Waals surface area contributed by atoms with Crippen molar-refractivity contribution in [2.75, 3.05) is 6.54 Å². The minimum absolute atomic E-state index is 0.0945. The number of sulfonamides is 1. The van der Waals surface area contributed by atoms with Crippen molar-refractivity contribution in [1.29, 1.82) is 0 Å². The number of ether oxygens (including phenoxy) is 1. The lowest BCUT2D eigenvalue weighted by atomic mass is 10.1. The van der Waals surface area contributed by atoms with Crippen molar-refractivity contribution >= 4 is 32.7 Å². The SMILES string of the molecule is CC(OC(=O)CCNS(=O)(=O)c1ccc2ccccc2c1)C(=O)NC(C)c1ccc(F)cc1. The van der Waals surface area contributed by atoms with Gasteiger partial charge >= 0.3 is 5.97 Å².